The van der Waals surface area contributed by atoms with Crippen molar-refractivity contribution in [3.8, 4) is 5.75 Å². The molecule has 0 radical (unpaired) electrons. The molecule has 0 unspecified atom stereocenters. The second kappa shape index (κ2) is 8.60. The zero-order chi connectivity index (χ0) is 5.11. The molecule has 0 fully saturated rings. The first-order valence-electron chi connectivity index (χ1n) is 2.13. The number of phenols is 1. The van der Waals surface area contributed by atoms with Crippen molar-refractivity contribution >= 4 is 24.8 Å². The summed E-state index contributed by atoms with van der Waals surface area (Å²) in [7, 11) is 0. The number of aromatic hydroxyl groups is 1. The SMILES string of the molecule is C.Cl.Cl.Oc1ccccc1. The first-order chi connectivity index (χ1) is 3.39. The fraction of sp³-hybridized carbons (Fsp3) is 0.143. The van der Waals surface area contributed by atoms with Crippen LogP contribution in [0.25, 0.3) is 0 Å². The van der Waals surface area contributed by atoms with E-state index < -0.39 is 0 Å². The van der Waals surface area contributed by atoms with Crippen LogP contribution < -0.4 is 0 Å². The van der Waals surface area contributed by atoms with Gasteiger partial charge in [0.05, 0.1) is 0 Å². The Labute approximate surface area is 73.9 Å². The maximum atomic E-state index is 8.63. The molecule has 10 heavy (non-hydrogen) atoms. The number of para-hydroxylation sites is 1. The first kappa shape index (κ1) is 16.3. The molecule has 0 atom stereocenters. The van der Waals surface area contributed by atoms with Crippen molar-refractivity contribution in [3.05, 3.63) is 30.3 Å². The van der Waals surface area contributed by atoms with E-state index in [0.717, 1.165) is 0 Å². The fourth-order valence-electron chi connectivity index (χ4n) is 0.428. The third kappa shape index (κ3) is 5.73. The quantitative estimate of drug-likeness (QED) is 0.655. The van der Waals surface area contributed by atoms with Gasteiger partial charge in [-0.05, 0) is 12.1 Å². The van der Waals surface area contributed by atoms with Crippen LogP contribution in [0.4, 0.5) is 0 Å². The Morgan fingerprint density at radius 3 is 1.50 bits per heavy atom. The van der Waals surface area contributed by atoms with Gasteiger partial charge in [-0.1, -0.05) is 25.6 Å². The molecule has 0 amide bonds. The van der Waals surface area contributed by atoms with Crippen LogP contribution in [0.5, 0.6) is 5.75 Å². The van der Waals surface area contributed by atoms with Gasteiger partial charge in [-0.2, -0.15) is 0 Å². The van der Waals surface area contributed by atoms with Gasteiger partial charge in [-0.3, -0.25) is 0 Å². The van der Waals surface area contributed by atoms with E-state index in [1.807, 2.05) is 6.07 Å². The lowest BCUT2D eigenvalue weighted by molar-refractivity contribution is 0.475. The molecule has 60 valence electrons. The van der Waals surface area contributed by atoms with Gasteiger partial charge in [0.15, 0.2) is 0 Å². The summed E-state index contributed by atoms with van der Waals surface area (Å²) >= 11 is 0. The zero-order valence-corrected chi connectivity index (χ0v) is 6.28. The van der Waals surface area contributed by atoms with E-state index in [0.29, 0.717) is 5.75 Å². The molecule has 1 nitrogen and oxygen atoms in total. The summed E-state index contributed by atoms with van der Waals surface area (Å²) in [5, 5.41) is 8.63. The Morgan fingerprint density at radius 2 is 1.30 bits per heavy atom. The summed E-state index contributed by atoms with van der Waals surface area (Å²) in [5.74, 6) is 0.322. The molecule has 0 aliphatic heterocycles. The standard InChI is InChI=1S/C6H6O.CH4.2ClH/c7-6-4-2-1-3-5-6;;;/h1-5,7H;1H4;2*1H. The molecule has 0 aliphatic carbocycles. The molecule has 1 N–H and O–H groups in total. The van der Waals surface area contributed by atoms with E-state index >= 15 is 0 Å². The number of benzene rings is 1. The first-order valence-corrected chi connectivity index (χ1v) is 2.13. The van der Waals surface area contributed by atoms with Crippen molar-refractivity contribution in [1.29, 1.82) is 0 Å². The third-order valence-electron chi connectivity index (χ3n) is 0.756. The third-order valence-corrected chi connectivity index (χ3v) is 0.756. The summed E-state index contributed by atoms with van der Waals surface area (Å²) in [5.41, 5.74) is 0. The average Bonchev–Trinajstić information content (AvgIpc) is 1.69. The number of halogens is 2. The fourth-order valence-corrected chi connectivity index (χ4v) is 0.428. The van der Waals surface area contributed by atoms with Gasteiger partial charge in [-0.15, -0.1) is 24.8 Å². The summed E-state index contributed by atoms with van der Waals surface area (Å²) in [6.07, 6.45) is 0. The minimum Gasteiger partial charge on any atom is -0.508 e. The van der Waals surface area contributed by atoms with Crippen molar-refractivity contribution < 1.29 is 5.11 Å². The minimum absolute atomic E-state index is 0. The smallest absolute Gasteiger partial charge is 0.115 e. The Morgan fingerprint density at radius 1 is 0.900 bits per heavy atom. The van der Waals surface area contributed by atoms with Gasteiger partial charge in [0.25, 0.3) is 0 Å². The Balaban J connectivity index is -0.000000163. The van der Waals surface area contributed by atoms with Gasteiger partial charge in [0, 0.05) is 0 Å². The average molecular weight is 183 g/mol. The largest absolute Gasteiger partial charge is 0.508 e. The number of phenolic OH excluding ortho intramolecular Hbond substituents is 1. The maximum Gasteiger partial charge on any atom is 0.115 e. The predicted molar refractivity (Wildman–Crippen MR) is 49.3 cm³/mol. The van der Waals surface area contributed by atoms with E-state index in [-0.39, 0.29) is 32.2 Å². The Hall–Kier alpha value is -0.400. The molecular weight excluding hydrogens is 171 g/mol. The van der Waals surface area contributed by atoms with Gasteiger partial charge in [-0.25, -0.2) is 0 Å². The van der Waals surface area contributed by atoms with Crippen LogP contribution in [0.15, 0.2) is 30.3 Å². The second-order valence-electron chi connectivity index (χ2n) is 1.34. The van der Waals surface area contributed by atoms with Gasteiger partial charge in [0.2, 0.25) is 0 Å². The lowest BCUT2D eigenvalue weighted by atomic mass is 10.3. The molecule has 0 saturated heterocycles. The molecular formula is C7H12Cl2O. The molecule has 3 heteroatoms. The molecule has 0 heterocycles. The molecule has 1 rings (SSSR count). The van der Waals surface area contributed by atoms with Crippen molar-refractivity contribution in [2.24, 2.45) is 0 Å². The molecule has 0 bridgehead atoms. The van der Waals surface area contributed by atoms with E-state index in [9.17, 15) is 0 Å². The van der Waals surface area contributed by atoms with Crippen LogP contribution in [0.2, 0.25) is 0 Å². The van der Waals surface area contributed by atoms with Crippen LogP contribution in [0.1, 0.15) is 7.43 Å². The van der Waals surface area contributed by atoms with Gasteiger partial charge >= 0.3 is 0 Å². The van der Waals surface area contributed by atoms with E-state index in [1.54, 1.807) is 24.3 Å². The number of hydrogen-bond donors (Lipinski definition) is 1. The highest BCUT2D eigenvalue weighted by Gasteiger charge is 1.74. The Kier molecular flexibility index (Phi) is 14.0. The van der Waals surface area contributed by atoms with E-state index in [1.165, 1.54) is 0 Å². The molecule has 1 aromatic rings. The van der Waals surface area contributed by atoms with Crippen LogP contribution in [-0.2, 0) is 0 Å². The van der Waals surface area contributed by atoms with Crippen LogP contribution >= 0.6 is 24.8 Å². The summed E-state index contributed by atoms with van der Waals surface area (Å²) in [4.78, 5) is 0. The highest BCUT2D eigenvalue weighted by Crippen LogP contribution is 2.02. The topological polar surface area (TPSA) is 20.2 Å². The zero-order valence-electron chi connectivity index (χ0n) is 4.65. The molecule has 0 aromatic heterocycles. The van der Waals surface area contributed by atoms with E-state index in [2.05, 4.69) is 0 Å². The van der Waals surface area contributed by atoms with Crippen molar-refractivity contribution in [2.45, 2.75) is 7.43 Å². The highest BCUT2D eigenvalue weighted by molar-refractivity contribution is 5.85. The molecule has 0 spiro atoms. The lowest BCUT2D eigenvalue weighted by Gasteiger charge is -1.82. The predicted octanol–water partition coefficient (Wildman–Crippen LogP) is 2.87. The van der Waals surface area contributed by atoms with Crippen LogP contribution in [-0.4, -0.2) is 5.11 Å². The minimum atomic E-state index is 0. The molecule has 0 aliphatic rings. The highest BCUT2D eigenvalue weighted by atomic mass is 35.5. The monoisotopic (exact) mass is 182 g/mol. The van der Waals surface area contributed by atoms with Crippen LogP contribution in [0, 0.1) is 0 Å². The molecule has 0 saturated carbocycles. The normalized spacial score (nSPS) is 6.00. The van der Waals surface area contributed by atoms with E-state index in [4.69, 9.17) is 5.11 Å². The van der Waals surface area contributed by atoms with Gasteiger partial charge in [0.1, 0.15) is 5.75 Å². The lowest BCUT2D eigenvalue weighted by Crippen LogP contribution is -1.56. The van der Waals surface area contributed by atoms with Crippen molar-refractivity contribution in [3.63, 3.8) is 0 Å². The molecule has 1 aromatic carbocycles. The second-order valence-corrected chi connectivity index (χ2v) is 1.34. The van der Waals surface area contributed by atoms with Crippen LogP contribution in [0.3, 0.4) is 0 Å². The van der Waals surface area contributed by atoms with Gasteiger partial charge < -0.3 is 5.11 Å². The van der Waals surface area contributed by atoms with Crippen molar-refractivity contribution in [1.82, 2.24) is 0 Å². The van der Waals surface area contributed by atoms with Crippen molar-refractivity contribution in [2.75, 3.05) is 0 Å². The number of rotatable bonds is 0. The Bertz CT molecular complexity index is 142. The summed E-state index contributed by atoms with van der Waals surface area (Å²) < 4.78 is 0. The number of hydrogen-bond acceptors (Lipinski definition) is 1. The summed E-state index contributed by atoms with van der Waals surface area (Å²) in [6.45, 7) is 0. The maximum absolute atomic E-state index is 8.63. The summed E-state index contributed by atoms with van der Waals surface area (Å²) in [6, 6.07) is 8.71.